The molecule has 1 fully saturated rings. The molecule has 3 aromatic heterocycles. The number of rotatable bonds is 2. The number of fused-ring (bicyclic) bond motifs is 7. The van der Waals surface area contributed by atoms with Crippen molar-refractivity contribution in [2.24, 2.45) is 13.0 Å². The van der Waals surface area contributed by atoms with E-state index in [1.165, 1.54) is 24.1 Å². The van der Waals surface area contributed by atoms with Crippen LogP contribution in [0.25, 0.3) is 16.8 Å². The van der Waals surface area contributed by atoms with Crippen molar-refractivity contribution in [1.29, 1.82) is 0 Å². The Morgan fingerprint density at radius 3 is 2.85 bits per heavy atom. The van der Waals surface area contributed by atoms with Gasteiger partial charge in [0.15, 0.2) is 11.6 Å². The van der Waals surface area contributed by atoms with E-state index >= 15 is 0 Å². The van der Waals surface area contributed by atoms with Crippen LogP contribution in [0.1, 0.15) is 54.1 Å². The van der Waals surface area contributed by atoms with Crippen LogP contribution in [0.5, 0.6) is 5.75 Å². The minimum Gasteiger partial charge on any atom is -0.482 e. The number of hydrogen-bond acceptors (Lipinski definition) is 5. The molecule has 33 heavy (non-hydrogen) atoms. The third kappa shape index (κ3) is 3.48. The molecule has 1 atom stereocenters. The summed E-state index contributed by atoms with van der Waals surface area (Å²) < 4.78 is 10.5. The lowest BCUT2D eigenvalue weighted by molar-refractivity contribution is 0.227. The summed E-state index contributed by atoms with van der Waals surface area (Å²) in [5, 5.41) is 9.66. The average molecular weight is 441 g/mol. The van der Waals surface area contributed by atoms with Crippen molar-refractivity contribution in [3.8, 4) is 22.6 Å². The van der Waals surface area contributed by atoms with Gasteiger partial charge in [0.1, 0.15) is 6.10 Å². The second-order valence-corrected chi connectivity index (χ2v) is 9.38. The fourth-order valence-electron chi connectivity index (χ4n) is 4.89. The standard InChI is InChI=1S/C26H28N6O/c1-15-4-7-22-20(10-15)16(2)33-24-12-18(14-28-26(24)27)25-21(13-19-8-9-29-32(19)22)30-31(3)23(25)11-17-5-6-17/h4,7-10,12,14,16-17H,5-6,11,13H2,1-3H3,(H2,27,28). The SMILES string of the molecule is Cc1ccc2c(c1)C(C)Oc1cc(cnc1N)-c1c(nn(C)c1CC1CC1)Cc1ccnn1-2. The topological polar surface area (TPSA) is 83.8 Å². The molecule has 0 saturated heterocycles. The zero-order valence-corrected chi connectivity index (χ0v) is 19.2. The number of pyridine rings is 1. The predicted octanol–water partition coefficient (Wildman–Crippen LogP) is 4.56. The molecule has 0 spiro atoms. The first kappa shape index (κ1) is 20.0. The molecule has 2 bridgehead atoms. The Morgan fingerprint density at radius 1 is 1.18 bits per heavy atom. The maximum Gasteiger partial charge on any atom is 0.166 e. The van der Waals surface area contributed by atoms with Crippen LogP contribution in [0.2, 0.25) is 0 Å². The van der Waals surface area contributed by atoms with Gasteiger partial charge in [-0.1, -0.05) is 17.7 Å². The quantitative estimate of drug-likeness (QED) is 0.494. The van der Waals surface area contributed by atoms with Crippen molar-refractivity contribution < 1.29 is 4.74 Å². The van der Waals surface area contributed by atoms with E-state index in [1.54, 1.807) is 0 Å². The van der Waals surface area contributed by atoms with Gasteiger partial charge in [0, 0.05) is 48.2 Å². The molecule has 2 N–H and O–H groups in total. The first-order valence-corrected chi connectivity index (χ1v) is 11.6. The highest BCUT2D eigenvalue weighted by Gasteiger charge is 2.29. The van der Waals surface area contributed by atoms with Crippen LogP contribution in [0.3, 0.4) is 0 Å². The van der Waals surface area contributed by atoms with Gasteiger partial charge in [-0.25, -0.2) is 9.67 Å². The molecule has 4 heterocycles. The number of nitrogens with two attached hydrogens (primary N) is 1. The van der Waals surface area contributed by atoms with E-state index in [0.29, 0.717) is 18.0 Å². The molecule has 1 aliphatic carbocycles. The van der Waals surface area contributed by atoms with E-state index in [-0.39, 0.29) is 6.10 Å². The molecule has 0 amide bonds. The summed E-state index contributed by atoms with van der Waals surface area (Å²) in [5.74, 6) is 1.73. The number of ether oxygens (including phenoxy) is 1. The molecule has 1 aliphatic heterocycles. The second-order valence-electron chi connectivity index (χ2n) is 9.38. The van der Waals surface area contributed by atoms with Crippen molar-refractivity contribution in [3.63, 3.8) is 0 Å². The van der Waals surface area contributed by atoms with Gasteiger partial charge >= 0.3 is 0 Å². The zero-order chi connectivity index (χ0) is 22.7. The molecule has 168 valence electrons. The summed E-state index contributed by atoms with van der Waals surface area (Å²) in [6.45, 7) is 4.14. The molecule has 7 nitrogen and oxygen atoms in total. The summed E-state index contributed by atoms with van der Waals surface area (Å²) in [6.07, 6.45) is 7.76. The van der Waals surface area contributed by atoms with Gasteiger partial charge in [-0.3, -0.25) is 4.68 Å². The number of benzene rings is 1. The summed E-state index contributed by atoms with van der Waals surface area (Å²) >= 11 is 0. The first-order chi connectivity index (χ1) is 16.0. The van der Waals surface area contributed by atoms with Crippen molar-refractivity contribution in [1.82, 2.24) is 24.5 Å². The Morgan fingerprint density at radius 2 is 2.03 bits per heavy atom. The number of nitrogens with zero attached hydrogens (tertiary/aromatic N) is 5. The van der Waals surface area contributed by atoms with Gasteiger partial charge in [0.05, 0.1) is 17.1 Å². The molecule has 1 saturated carbocycles. The fraction of sp³-hybridized carbons (Fsp3) is 0.346. The maximum absolute atomic E-state index is 6.43. The maximum atomic E-state index is 6.43. The van der Waals surface area contributed by atoms with E-state index in [0.717, 1.165) is 46.1 Å². The van der Waals surface area contributed by atoms with Gasteiger partial charge in [0.2, 0.25) is 0 Å². The fourth-order valence-corrected chi connectivity index (χ4v) is 4.89. The first-order valence-electron chi connectivity index (χ1n) is 11.6. The smallest absolute Gasteiger partial charge is 0.166 e. The second kappa shape index (κ2) is 7.47. The summed E-state index contributed by atoms with van der Waals surface area (Å²) in [5.41, 5.74) is 15.0. The number of aryl methyl sites for hydroxylation is 2. The van der Waals surface area contributed by atoms with Gasteiger partial charge in [-0.15, -0.1) is 0 Å². The summed E-state index contributed by atoms with van der Waals surface area (Å²) in [4.78, 5) is 4.51. The van der Waals surface area contributed by atoms with E-state index in [4.69, 9.17) is 15.6 Å². The van der Waals surface area contributed by atoms with Crippen LogP contribution in [0, 0.1) is 12.8 Å². The number of nitrogen functional groups attached to an aromatic ring is 1. The van der Waals surface area contributed by atoms with Crippen LogP contribution in [-0.4, -0.2) is 24.5 Å². The highest BCUT2D eigenvalue weighted by molar-refractivity contribution is 5.72. The number of aromatic nitrogens is 5. The third-order valence-corrected chi connectivity index (χ3v) is 6.81. The minimum atomic E-state index is -0.227. The molecule has 6 rings (SSSR count). The van der Waals surface area contributed by atoms with E-state index in [9.17, 15) is 0 Å². The van der Waals surface area contributed by atoms with Crippen molar-refractivity contribution in [2.45, 2.75) is 45.6 Å². The molecular formula is C26H28N6O. The largest absolute Gasteiger partial charge is 0.482 e. The molecule has 7 heteroatoms. The van der Waals surface area contributed by atoms with Gasteiger partial charge in [-0.2, -0.15) is 10.2 Å². The minimum absolute atomic E-state index is 0.227. The Bertz CT molecular complexity index is 1360. The third-order valence-electron chi connectivity index (χ3n) is 6.81. The van der Waals surface area contributed by atoms with Gasteiger partial charge < -0.3 is 10.5 Å². The van der Waals surface area contributed by atoms with E-state index < -0.39 is 0 Å². The van der Waals surface area contributed by atoms with Gasteiger partial charge in [-0.05, 0) is 57.2 Å². The Hall–Kier alpha value is -3.61. The highest BCUT2D eigenvalue weighted by Crippen LogP contribution is 2.40. The monoisotopic (exact) mass is 440 g/mol. The molecule has 1 aromatic carbocycles. The molecule has 2 aliphatic rings. The lowest BCUT2D eigenvalue weighted by atomic mass is 9.98. The molecule has 0 radical (unpaired) electrons. The van der Waals surface area contributed by atoms with Crippen LogP contribution in [0.4, 0.5) is 5.82 Å². The lowest BCUT2D eigenvalue weighted by Crippen LogP contribution is -2.13. The highest BCUT2D eigenvalue weighted by atomic mass is 16.5. The number of hydrogen-bond donors (Lipinski definition) is 1. The Labute approximate surface area is 193 Å². The van der Waals surface area contributed by atoms with Crippen LogP contribution in [-0.2, 0) is 19.9 Å². The van der Waals surface area contributed by atoms with Gasteiger partial charge in [0.25, 0.3) is 0 Å². The average Bonchev–Trinajstić information content (AvgIpc) is 3.41. The molecule has 4 aromatic rings. The van der Waals surface area contributed by atoms with E-state index in [1.807, 2.05) is 41.8 Å². The van der Waals surface area contributed by atoms with Crippen LogP contribution < -0.4 is 10.5 Å². The lowest BCUT2D eigenvalue weighted by Gasteiger charge is -2.22. The summed E-state index contributed by atoms with van der Waals surface area (Å²) in [7, 11) is 2.04. The van der Waals surface area contributed by atoms with Crippen LogP contribution >= 0.6 is 0 Å². The zero-order valence-electron chi connectivity index (χ0n) is 19.2. The number of anilines is 1. The van der Waals surface area contributed by atoms with Crippen molar-refractivity contribution >= 4 is 5.82 Å². The van der Waals surface area contributed by atoms with Crippen molar-refractivity contribution in [2.75, 3.05) is 5.73 Å². The normalized spacial score (nSPS) is 17.2. The molecular weight excluding hydrogens is 412 g/mol. The van der Waals surface area contributed by atoms with Crippen LogP contribution in [0.15, 0.2) is 42.7 Å². The van der Waals surface area contributed by atoms with E-state index in [2.05, 4.69) is 41.3 Å². The molecule has 1 unspecified atom stereocenters. The Kier molecular flexibility index (Phi) is 4.54. The predicted molar refractivity (Wildman–Crippen MR) is 127 cm³/mol. The van der Waals surface area contributed by atoms with Crippen molar-refractivity contribution in [3.05, 3.63) is 70.9 Å². The summed E-state index contributed by atoms with van der Waals surface area (Å²) in [6, 6.07) is 10.5. The Balaban J connectivity index is 1.60.